The summed E-state index contributed by atoms with van der Waals surface area (Å²) in [7, 11) is 1.84. The van der Waals surface area contributed by atoms with Crippen LogP contribution in [0.5, 0.6) is 0 Å². The van der Waals surface area contributed by atoms with Crippen LogP contribution < -0.4 is 5.32 Å². The van der Waals surface area contributed by atoms with Gasteiger partial charge in [-0.2, -0.15) is 5.10 Å². The summed E-state index contributed by atoms with van der Waals surface area (Å²) >= 11 is 1.67. The standard InChI is InChI=1S/C16H22N4OS/c1-12(15-6-4-10-22-15)19(2)16(21)14-7-9-20(18-14)13-5-3-8-17-11-13/h4,6-7,9-10,12-13,17H,3,5,8,11H2,1-2H3. The van der Waals surface area contributed by atoms with E-state index in [2.05, 4.69) is 16.5 Å². The highest BCUT2D eigenvalue weighted by Gasteiger charge is 2.23. The molecule has 2 atom stereocenters. The van der Waals surface area contributed by atoms with Gasteiger partial charge in [0, 0.05) is 24.7 Å². The van der Waals surface area contributed by atoms with Gasteiger partial charge in [-0.15, -0.1) is 11.3 Å². The SMILES string of the molecule is CC(c1cccs1)N(C)C(=O)c1ccn(C2CCCNC2)n1. The van der Waals surface area contributed by atoms with Gasteiger partial charge < -0.3 is 10.2 Å². The lowest BCUT2D eigenvalue weighted by Gasteiger charge is -2.24. The predicted octanol–water partition coefficient (Wildman–Crippen LogP) is 2.70. The molecule has 1 fully saturated rings. The first kappa shape index (κ1) is 15.2. The zero-order chi connectivity index (χ0) is 15.5. The molecule has 0 spiro atoms. The van der Waals surface area contributed by atoms with Crippen molar-refractivity contribution in [1.82, 2.24) is 20.0 Å². The van der Waals surface area contributed by atoms with E-state index >= 15 is 0 Å². The van der Waals surface area contributed by atoms with Crippen molar-refractivity contribution in [2.45, 2.75) is 31.8 Å². The molecular formula is C16H22N4OS. The first-order valence-corrected chi connectivity index (χ1v) is 8.61. The highest BCUT2D eigenvalue weighted by Crippen LogP contribution is 2.24. The molecule has 0 aromatic carbocycles. The number of nitrogens with zero attached hydrogens (tertiary/aromatic N) is 3. The normalized spacial score (nSPS) is 19.8. The number of rotatable bonds is 4. The zero-order valence-corrected chi connectivity index (χ0v) is 13.8. The molecule has 1 N–H and O–H groups in total. The summed E-state index contributed by atoms with van der Waals surface area (Å²) in [6.07, 6.45) is 4.20. The molecule has 22 heavy (non-hydrogen) atoms. The van der Waals surface area contributed by atoms with Crippen molar-refractivity contribution < 1.29 is 4.79 Å². The van der Waals surface area contributed by atoms with E-state index in [1.807, 2.05) is 42.4 Å². The van der Waals surface area contributed by atoms with Crippen molar-refractivity contribution in [2.24, 2.45) is 0 Å². The number of carbonyl (C=O) groups excluding carboxylic acids is 1. The molecule has 1 saturated heterocycles. The Balaban J connectivity index is 1.70. The minimum atomic E-state index is -0.0246. The van der Waals surface area contributed by atoms with Crippen molar-refractivity contribution in [3.8, 4) is 0 Å². The van der Waals surface area contributed by atoms with Crippen molar-refractivity contribution >= 4 is 17.2 Å². The first-order valence-electron chi connectivity index (χ1n) is 7.73. The van der Waals surface area contributed by atoms with E-state index in [4.69, 9.17) is 0 Å². The van der Waals surface area contributed by atoms with Crippen LogP contribution in [0, 0.1) is 0 Å². The third kappa shape index (κ3) is 3.08. The fourth-order valence-corrected chi connectivity index (χ4v) is 3.62. The summed E-state index contributed by atoms with van der Waals surface area (Å²) in [4.78, 5) is 15.6. The van der Waals surface area contributed by atoms with E-state index in [0.29, 0.717) is 11.7 Å². The van der Waals surface area contributed by atoms with Gasteiger partial charge in [0.05, 0.1) is 12.1 Å². The van der Waals surface area contributed by atoms with Crippen LogP contribution in [0.3, 0.4) is 0 Å². The molecule has 2 aromatic heterocycles. The van der Waals surface area contributed by atoms with Crippen LogP contribution in [-0.2, 0) is 0 Å². The van der Waals surface area contributed by atoms with Gasteiger partial charge in [-0.25, -0.2) is 0 Å². The molecule has 1 aliphatic heterocycles. The molecule has 0 aliphatic carbocycles. The average Bonchev–Trinajstić information content (AvgIpc) is 3.25. The maximum atomic E-state index is 12.6. The van der Waals surface area contributed by atoms with Crippen LogP contribution in [0.2, 0.25) is 0 Å². The Morgan fingerprint density at radius 2 is 2.41 bits per heavy atom. The number of carbonyl (C=O) groups is 1. The second kappa shape index (κ2) is 6.62. The molecule has 1 amide bonds. The van der Waals surface area contributed by atoms with Crippen LogP contribution in [0.4, 0.5) is 0 Å². The smallest absolute Gasteiger partial charge is 0.274 e. The van der Waals surface area contributed by atoms with Crippen LogP contribution in [-0.4, -0.2) is 40.7 Å². The molecule has 2 unspecified atom stereocenters. The van der Waals surface area contributed by atoms with Gasteiger partial charge in [-0.05, 0) is 43.8 Å². The lowest BCUT2D eigenvalue weighted by molar-refractivity contribution is 0.0737. The number of piperidine rings is 1. The molecule has 3 heterocycles. The highest BCUT2D eigenvalue weighted by atomic mass is 32.1. The van der Waals surface area contributed by atoms with E-state index in [9.17, 15) is 4.79 Å². The van der Waals surface area contributed by atoms with Crippen molar-refractivity contribution in [1.29, 1.82) is 0 Å². The number of aromatic nitrogens is 2. The minimum absolute atomic E-state index is 0.0246. The molecule has 0 bridgehead atoms. The molecule has 0 saturated carbocycles. The largest absolute Gasteiger partial charge is 0.333 e. The third-order valence-electron chi connectivity index (χ3n) is 4.33. The number of hydrogen-bond donors (Lipinski definition) is 1. The molecular weight excluding hydrogens is 296 g/mol. The van der Waals surface area contributed by atoms with Gasteiger partial charge in [-0.3, -0.25) is 9.48 Å². The lowest BCUT2D eigenvalue weighted by atomic mass is 10.1. The molecule has 2 aromatic rings. The van der Waals surface area contributed by atoms with Crippen molar-refractivity contribution in [3.63, 3.8) is 0 Å². The number of hydrogen-bond acceptors (Lipinski definition) is 4. The second-order valence-electron chi connectivity index (χ2n) is 5.79. The lowest BCUT2D eigenvalue weighted by Crippen LogP contribution is -2.32. The van der Waals surface area contributed by atoms with E-state index in [1.165, 1.54) is 4.88 Å². The number of nitrogens with one attached hydrogen (secondary N) is 1. The summed E-state index contributed by atoms with van der Waals surface area (Å²) in [6, 6.07) is 6.32. The Kier molecular flexibility index (Phi) is 4.59. The summed E-state index contributed by atoms with van der Waals surface area (Å²) in [5.74, 6) is -0.0246. The summed E-state index contributed by atoms with van der Waals surface area (Å²) < 4.78 is 1.93. The van der Waals surface area contributed by atoms with Gasteiger partial charge >= 0.3 is 0 Å². The molecule has 0 radical (unpaired) electrons. The average molecular weight is 318 g/mol. The van der Waals surface area contributed by atoms with E-state index < -0.39 is 0 Å². The molecule has 1 aliphatic rings. The molecule has 5 nitrogen and oxygen atoms in total. The summed E-state index contributed by atoms with van der Waals surface area (Å²) in [5, 5.41) is 9.92. The first-order chi connectivity index (χ1) is 10.7. The maximum absolute atomic E-state index is 12.6. The van der Waals surface area contributed by atoms with Crippen LogP contribution in [0.25, 0.3) is 0 Å². The fourth-order valence-electron chi connectivity index (χ4n) is 2.79. The highest BCUT2D eigenvalue weighted by molar-refractivity contribution is 7.10. The van der Waals surface area contributed by atoms with Gasteiger partial charge in [0.25, 0.3) is 5.91 Å². The third-order valence-corrected chi connectivity index (χ3v) is 5.37. The van der Waals surface area contributed by atoms with E-state index in [1.54, 1.807) is 16.2 Å². The van der Waals surface area contributed by atoms with E-state index in [-0.39, 0.29) is 11.9 Å². The Bertz CT molecular complexity index is 616. The van der Waals surface area contributed by atoms with Gasteiger partial charge in [-0.1, -0.05) is 6.07 Å². The van der Waals surface area contributed by atoms with Gasteiger partial charge in [0.1, 0.15) is 5.69 Å². The Morgan fingerprint density at radius 3 is 3.09 bits per heavy atom. The predicted molar refractivity (Wildman–Crippen MR) is 88.2 cm³/mol. The Hall–Kier alpha value is -1.66. The molecule has 118 valence electrons. The Labute approximate surface area is 134 Å². The fraction of sp³-hybridized carbons (Fsp3) is 0.500. The van der Waals surface area contributed by atoms with Crippen molar-refractivity contribution in [3.05, 3.63) is 40.3 Å². The van der Waals surface area contributed by atoms with Crippen LogP contribution >= 0.6 is 11.3 Å². The quantitative estimate of drug-likeness (QED) is 0.943. The zero-order valence-electron chi connectivity index (χ0n) is 13.0. The van der Waals surface area contributed by atoms with Crippen LogP contribution in [0.15, 0.2) is 29.8 Å². The van der Waals surface area contributed by atoms with Gasteiger partial charge in [0.15, 0.2) is 0 Å². The van der Waals surface area contributed by atoms with Crippen LogP contribution in [0.1, 0.15) is 47.2 Å². The molecule has 6 heteroatoms. The van der Waals surface area contributed by atoms with E-state index in [0.717, 1.165) is 25.9 Å². The monoisotopic (exact) mass is 318 g/mol. The van der Waals surface area contributed by atoms with Crippen molar-refractivity contribution in [2.75, 3.05) is 20.1 Å². The second-order valence-corrected chi connectivity index (χ2v) is 6.77. The Morgan fingerprint density at radius 1 is 1.55 bits per heavy atom. The molecule has 3 rings (SSSR count). The number of amides is 1. The van der Waals surface area contributed by atoms with Gasteiger partial charge in [0.2, 0.25) is 0 Å². The topological polar surface area (TPSA) is 50.2 Å². The summed E-state index contributed by atoms with van der Waals surface area (Å²) in [6.45, 7) is 4.05. The maximum Gasteiger partial charge on any atom is 0.274 e. The minimum Gasteiger partial charge on any atom is -0.333 e. The summed E-state index contributed by atoms with van der Waals surface area (Å²) in [5.41, 5.74) is 0.525. The number of thiophene rings is 1.